The molecular weight excluding hydrogens is 228 g/mol. The second-order valence-corrected chi connectivity index (χ2v) is 4.60. The molecule has 0 aliphatic carbocycles. The van der Waals surface area contributed by atoms with E-state index < -0.39 is 0 Å². The third-order valence-electron chi connectivity index (χ3n) is 2.63. The lowest BCUT2D eigenvalue weighted by Crippen LogP contribution is -2.38. The molecule has 18 heavy (non-hydrogen) atoms. The van der Waals surface area contributed by atoms with Crippen LogP contribution in [0.2, 0.25) is 0 Å². The Hall–Kier alpha value is -1.55. The van der Waals surface area contributed by atoms with Gasteiger partial charge in [-0.25, -0.2) is 0 Å². The van der Waals surface area contributed by atoms with E-state index in [0.717, 1.165) is 11.3 Å². The molecule has 0 aliphatic heterocycles. The van der Waals surface area contributed by atoms with Gasteiger partial charge in [-0.3, -0.25) is 4.79 Å². The van der Waals surface area contributed by atoms with Crippen molar-refractivity contribution in [2.45, 2.75) is 32.9 Å². The molecule has 4 heteroatoms. The van der Waals surface area contributed by atoms with Crippen LogP contribution in [0.4, 0.5) is 0 Å². The van der Waals surface area contributed by atoms with E-state index in [-0.39, 0.29) is 18.0 Å². The molecule has 0 radical (unpaired) electrons. The summed E-state index contributed by atoms with van der Waals surface area (Å²) < 4.78 is 5.11. The molecule has 1 aromatic rings. The molecule has 2 N–H and O–H groups in total. The summed E-state index contributed by atoms with van der Waals surface area (Å²) in [6, 6.07) is 8.14. The van der Waals surface area contributed by atoms with Gasteiger partial charge in [0.1, 0.15) is 5.75 Å². The Bertz CT molecular complexity index is 374. The van der Waals surface area contributed by atoms with E-state index >= 15 is 0 Å². The van der Waals surface area contributed by atoms with E-state index in [4.69, 9.17) is 4.74 Å². The van der Waals surface area contributed by atoms with Crippen molar-refractivity contribution in [3.05, 3.63) is 29.8 Å². The number of nitrogens with one attached hydrogen (secondary N) is 2. The van der Waals surface area contributed by atoms with Gasteiger partial charge >= 0.3 is 0 Å². The summed E-state index contributed by atoms with van der Waals surface area (Å²) in [4.78, 5) is 11.5. The Morgan fingerprint density at radius 3 is 2.33 bits per heavy atom. The first-order valence-corrected chi connectivity index (χ1v) is 6.19. The largest absolute Gasteiger partial charge is 0.497 e. The van der Waals surface area contributed by atoms with Gasteiger partial charge in [-0.15, -0.1) is 0 Å². The van der Waals surface area contributed by atoms with Crippen molar-refractivity contribution < 1.29 is 9.53 Å². The van der Waals surface area contributed by atoms with E-state index in [0.29, 0.717) is 6.54 Å². The smallest absolute Gasteiger partial charge is 0.234 e. The van der Waals surface area contributed by atoms with Crippen molar-refractivity contribution in [3.8, 4) is 5.75 Å². The van der Waals surface area contributed by atoms with Crippen LogP contribution in [0.15, 0.2) is 24.3 Å². The van der Waals surface area contributed by atoms with Gasteiger partial charge in [0.15, 0.2) is 0 Å². The Morgan fingerprint density at radius 1 is 1.22 bits per heavy atom. The van der Waals surface area contributed by atoms with Gasteiger partial charge in [-0.05, 0) is 38.5 Å². The number of methoxy groups -OCH3 is 1. The summed E-state index contributed by atoms with van der Waals surface area (Å²) in [6.07, 6.45) is 0. The minimum Gasteiger partial charge on any atom is -0.497 e. The summed E-state index contributed by atoms with van der Waals surface area (Å²) >= 11 is 0. The van der Waals surface area contributed by atoms with Crippen LogP contribution in [-0.4, -0.2) is 25.6 Å². The molecule has 1 aromatic carbocycles. The van der Waals surface area contributed by atoms with Gasteiger partial charge in [-0.2, -0.15) is 0 Å². The number of rotatable bonds is 6. The van der Waals surface area contributed by atoms with Gasteiger partial charge in [0.25, 0.3) is 0 Å². The van der Waals surface area contributed by atoms with Crippen LogP contribution in [0.3, 0.4) is 0 Å². The Balaban J connectivity index is 2.44. The van der Waals surface area contributed by atoms with E-state index in [1.165, 1.54) is 0 Å². The van der Waals surface area contributed by atoms with Gasteiger partial charge in [0.2, 0.25) is 5.91 Å². The number of amides is 1. The molecular formula is C14H22N2O2. The van der Waals surface area contributed by atoms with Crippen molar-refractivity contribution in [3.63, 3.8) is 0 Å². The van der Waals surface area contributed by atoms with Crippen LogP contribution in [0, 0.1) is 0 Å². The molecule has 0 heterocycles. The molecule has 0 fully saturated rings. The zero-order valence-electron chi connectivity index (χ0n) is 11.5. The van der Waals surface area contributed by atoms with Crippen LogP contribution in [0.25, 0.3) is 0 Å². The minimum atomic E-state index is 0.0189. The lowest BCUT2D eigenvalue weighted by atomic mass is 10.1. The summed E-state index contributed by atoms with van der Waals surface area (Å²) in [6.45, 7) is 6.26. The SMILES string of the molecule is COc1ccc(C(C)NCC(=O)NC(C)C)cc1. The van der Waals surface area contributed by atoms with Crippen LogP contribution < -0.4 is 15.4 Å². The number of carbonyl (C=O) groups is 1. The first kappa shape index (κ1) is 14.5. The molecule has 1 atom stereocenters. The summed E-state index contributed by atoms with van der Waals surface area (Å²) in [7, 11) is 1.65. The lowest BCUT2D eigenvalue weighted by Gasteiger charge is -2.15. The second kappa shape index (κ2) is 7.01. The van der Waals surface area contributed by atoms with Gasteiger partial charge in [-0.1, -0.05) is 12.1 Å². The summed E-state index contributed by atoms with van der Waals surface area (Å²) in [5.41, 5.74) is 1.13. The molecule has 1 rings (SSSR count). The summed E-state index contributed by atoms with van der Waals surface area (Å²) in [5.74, 6) is 0.855. The average Bonchev–Trinajstić information content (AvgIpc) is 2.35. The van der Waals surface area contributed by atoms with Crippen LogP contribution >= 0.6 is 0 Å². The molecule has 4 nitrogen and oxygen atoms in total. The monoisotopic (exact) mass is 250 g/mol. The highest BCUT2D eigenvalue weighted by Crippen LogP contribution is 2.16. The van der Waals surface area contributed by atoms with Crippen molar-refractivity contribution in [2.24, 2.45) is 0 Å². The van der Waals surface area contributed by atoms with E-state index in [1.54, 1.807) is 7.11 Å². The number of carbonyl (C=O) groups excluding carboxylic acids is 1. The van der Waals surface area contributed by atoms with Crippen molar-refractivity contribution in [2.75, 3.05) is 13.7 Å². The average molecular weight is 250 g/mol. The first-order chi connectivity index (χ1) is 8.52. The maximum Gasteiger partial charge on any atom is 0.234 e. The Morgan fingerprint density at radius 2 is 1.83 bits per heavy atom. The lowest BCUT2D eigenvalue weighted by molar-refractivity contribution is -0.120. The predicted octanol–water partition coefficient (Wildman–Crippen LogP) is 1.87. The van der Waals surface area contributed by atoms with Crippen molar-refractivity contribution in [1.82, 2.24) is 10.6 Å². The highest BCUT2D eigenvalue weighted by Gasteiger charge is 2.08. The normalized spacial score (nSPS) is 12.3. The molecule has 1 unspecified atom stereocenters. The fourth-order valence-corrected chi connectivity index (χ4v) is 1.63. The molecule has 0 aliphatic rings. The molecule has 100 valence electrons. The molecule has 0 saturated heterocycles. The standard InChI is InChI=1S/C14H22N2O2/c1-10(2)16-14(17)9-15-11(3)12-5-7-13(18-4)8-6-12/h5-8,10-11,15H,9H2,1-4H3,(H,16,17). The number of ether oxygens (including phenoxy) is 1. The van der Waals surface area contributed by atoms with E-state index in [9.17, 15) is 4.79 Å². The zero-order valence-corrected chi connectivity index (χ0v) is 11.5. The van der Waals surface area contributed by atoms with Crippen LogP contribution in [0.5, 0.6) is 5.75 Å². The number of benzene rings is 1. The maximum absolute atomic E-state index is 11.5. The van der Waals surface area contributed by atoms with Gasteiger partial charge in [0.05, 0.1) is 13.7 Å². The van der Waals surface area contributed by atoms with Gasteiger partial charge in [0, 0.05) is 12.1 Å². The second-order valence-electron chi connectivity index (χ2n) is 4.60. The highest BCUT2D eigenvalue weighted by molar-refractivity contribution is 5.78. The number of hydrogen-bond acceptors (Lipinski definition) is 3. The predicted molar refractivity (Wildman–Crippen MR) is 72.7 cm³/mol. The highest BCUT2D eigenvalue weighted by atomic mass is 16.5. The van der Waals surface area contributed by atoms with E-state index in [2.05, 4.69) is 10.6 Å². The Labute approximate surface area is 109 Å². The third kappa shape index (κ3) is 4.75. The maximum atomic E-state index is 11.5. The third-order valence-corrected chi connectivity index (χ3v) is 2.63. The fourth-order valence-electron chi connectivity index (χ4n) is 1.63. The zero-order chi connectivity index (χ0) is 13.5. The molecule has 1 amide bonds. The first-order valence-electron chi connectivity index (χ1n) is 6.19. The topological polar surface area (TPSA) is 50.4 Å². The van der Waals surface area contributed by atoms with Crippen molar-refractivity contribution >= 4 is 5.91 Å². The quantitative estimate of drug-likeness (QED) is 0.810. The summed E-state index contributed by atoms with van der Waals surface area (Å²) in [5, 5.41) is 6.04. The Kier molecular flexibility index (Phi) is 5.65. The molecule has 0 saturated carbocycles. The molecule has 0 spiro atoms. The van der Waals surface area contributed by atoms with Gasteiger partial charge < -0.3 is 15.4 Å². The van der Waals surface area contributed by atoms with Crippen LogP contribution in [0.1, 0.15) is 32.4 Å². The fraction of sp³-hybridized carbons (Fsp3) is 0.500. The van der Waals surface area contributed by atoms with Crippen LogP contribution in [-0.2, 0) is 4.79 Å². The van der Waals surface area contributed by atoms with Crippen molar-refractivity contribution in [1.29, 1.82) is 0 Å². The molecule has 0 bridgehead atoms. The molecule has 0 aromatic heterocycles. The van der Waals surface area contributed by atoms with E-state index in [1.807, 2.05) is 45.0 Å². The minimum absolute atomic E-state index is 0.0189. The number of hydrogen-bond donors (Lipinski definition) is 2.